The Morgan fingerprint density at radius 1 is 0.690 bits per heavy atom. The summed E-state index contributed by atoms with van der Waals surface area (Å²) in [6.45, 7) is 3.09. The van der Waals surface area contributed by atoms with Crippen LogP contribution in [0.4, 0.5) is 0 Å². The molecule has 29 heavy (non-hydrogen) atoms. The summed E-state index contributed by atoms with van der Waals surface area (Å²) in [6.07, 6.45) is 15.4. The van der Waals surface area contributed by atoms with Crippen LogP contribution in [0.1, 0.15) is 71.1 Å². The van der Waals surface area contributed by atoms with Crippen LogP contribution in [0.3, 0.4) is 0 Å². The quantitative estimate of drug-likeness (QED) is 0.275. The summed E-state index contributed by atoms with van der Waals surface area (Å²) in [5.41, 5.74) is 2.16. The van der Waals surface area contributed by atoms with E-state index >= 15 is 0 Å². The maximum atomic E-state index is 5.99. The molecule has 0 bridgehead atoms. The van der Waals surface area contributed by atoms with Gasteiger partial charge in [0, 0.05) is 11.8 Å². The Morgan fingerprint density at radius 2 is 1.38 bits per heavy atom. The fourth-order valence-electron chi connectivity index (χ4n) is 3.79. The highest BCUT2D eigenvalue weighted by atomic mass is 16.5. The normalized spacial score (nSPS) is 11.1. The van der Waals surface area contributed by atoms with Gasteiger partial charge < -0.3 is 4.74 Å². The van der Waals surface area contributed by atoms with Crippen molar-refractivity contribution in [1.29, 1.82) is 0 Å². The van der Waals surface area contributed by atoms with Crippen LogP contribution in [0.2, 0.25) is 0 Å². The summed E-state index contributed by atoms with van der Waals surface area (Å²) >= 11 is 0. The highest BCUT2D eigenvalue weighted by Crippen LogP contribution is 2.26. The smallest absolute Gasteiger partial charge is 0.119 e. The van der Waals surface area contributed by atoms with Gasteiger partial charge >= 0.3 is 0 Å². The Hall–Kier alpha value is -2.35. The van der Waals surface area contributed by atoms with Crippen LogP contribution in [0, 0.1) is 0 Å². The molecule has 0 spiro atoms. The summed E-state index contributed by atoms with van der Waals surface area (Å²) in [5, 5.41) is 2.43. The van der Waals surface area contributed by atoms with Crippen LogP contribution in [0.5, 0.6) is 5.75 Å². The molecule has 0 amide bonds. The van der Waals surface area contributed by atoms with E-state index < -0.39 is 0 Å². The molecule has 0 saturated heterocycles. The van der Waals surface area contributed by atoms with Crippen LogP contribution >= 0.6 is 0 Å². The molecule has 3 aromatic rings. The molecule has 1 heterocycles. The number of nitrogens with zero attached hydrogens (tertiary/aromatic N) is 1. The van der Waals surface area contributed by atoms with Gasteiger partial charge in [-0.2, -0.15) is 0 Å². The molecule has 154 valence electrons. The van der Waals surface area contributed by atoms with Crippen molar-refractivity contribution in [2.24, 2.45) is 0 Å². The Bertz CT molecular complexity index is 844. The molecular formula is C27H35NO. The lowest BCUT2D eigenvalue weighted by molar-refractivity contribution is 0.304. The molecule has 2 heteroatoms. The average molecular weight is 390 g/mol. The lowest BCUT2D eigenvalue weighted by Crippen LogP contribution is -1.97. The van der Waals surface area contributed by atoms with Gasteiger partial charge in [-0.05, 0) is 47.5 Å². The first-order valence-electron chi connectivity index (χ1n) is 11.4. The summed E-state index contributed by atoms with van der Waals surface area (Å²) in [6, 6.07) is 18.9. The number of rotatable bonds is 13. The molecule has 0 fully saturated rings. The van der Waals surface area contributed by atoms with Gasteiger partial charge in [-0.25, -0.2) is 0 Å². The van der Waals surface area contributed by atoms with Crippen molar-refractivity contribution in [1.82, 2.24) is 4.98 Å². The lowest BCUT2D eigenvalue weighted by atomic mass is 10.0. The first kappa shape index (κ1) is 21.4. The van der Waals surface area contributed by atoms with E-state index in [-0.39, 0.29) is 0 Å². The SMILES string of the molecule is CCCCCCCCCCCCOc1ccc2cc(-c3ccccn3)ccc2c1. The molecule has 0 radical (unpaired) electrons. The average Bonchev–Trinajstić information content (AvgIpc) is 2.77. The van der Waals surface area contributed by atoms with Gasteiger partial charge in [-0.3, -0.25) is 4.98 Å². The monoisotopic (exact) mass is 389 g/mol. The number of fused-ring (bicyclic) bond motifs is 1. The number of aromatic nitrogens is 1. The summed E-state index contributed by atoms with van der Waals surface area (Å²) in [7, 11) is 0. The minimum atomic E-state index is 0.814. The summed E-state index contributed by atoms with van der Waals surface area (Å²) < 4.78 is 5.99. The fraction of sp³-hybridized carbons (Fsp3) is 0.444. The summed E-state index contributed by atoms with van der Waals surface area (Å²) in [4.78, 5) is 4.44. The topological polar surface area (TPSA) is 22.1 Å². The van der Waals surface area contributed by atoms with Crippen LogP contribution in [0.25, 0.3) is 22.0 Å². The maximum Gasteiger partial charge on any atom is 0.119 e. The minimum Gasteiger partial charge on any atom is -0.494 e. The molecule has 0 N–H and O–H groups in total. The van der Waals surface area contributed by atoms with Crippen LogP contribution in [-0.4, -0.2) is 11.6 Å². The molecule has 0 aliphatic rings. The van der Waals surface area contributed by atoms with Crippen LogP contribution in [0.15, 0.2) is 60.8 Å². The Labute approximate surface area is 176 Å². The van der Waals surface area contributed by atoms with Crippen molar-refractivity contribution in [2.75, 3.05) is 6.61 Å². The van der Waals surface area contributed by atoms with Crippen molar-refractivity contribution in [3.05, 3.63) is 60.8 Å². The Balaban J connectivity index is 1.37. The second-order valence-electron chi connectivity index (χ2n) is 7.97. The molecule has 0 saturated carbocycles. The van der Waals surface area contributed by atoms with Gasteiger partial charge in [0.1, 0.15) is 5.75 Å². The van der Waals surface area contributed by atoms with Crippen molar-refractivity contribution in [3.8, 4) is 17.0 Å². The molecule has 0 aliphatic carbocycles. The van der Waals surface area contributed by atoms with E-state index in [0.717, 1.165) is 30.0 Å². The Kier molecular flexibility index (Phi) is 9.03. The van der Waals surface area contributed by atoms with Crippen LogP contribution in [-0.2, 0) is 0 Å². The van der Waals surface area contributed by atoms with E-state index in [1.54, 1.807) is 0 Å². The zero-order valence-electron chi connectivity index (χ0n) is 17.9. The van der Waals surface area contributed by atoms with E-state index in [2.05, 4.69) is 48.3 Å². The van der Waals surface area contributed by atoms with E-state index in [1.807, 2.05) is 24.4 Å². The highest BCUT2D eigenvalue weighted by Gasteiger charge is 2.02. The second kappa shape index (κ2) is 12.3. The van der Waals surface area contributed by atoms with Crippen molar-refractivity contribution >= 4 is 10.8 Å². The molecule has 2 nitrogen and oxygen atoms in total. The van der Waals surface area contributed by atoms with Crippen molar-refractivity contribution in [2.45, 2.75) is 71.1 Å². The lowest BCUT2D eigenvalue weighted by Gasteiger charge is -2.08. The zero-order valence-corrected chi connectivity index (χ0v) is 17.9. The third kappa shape index (κ3) is 7.20. The minimum absolute atomic E-state index is 0.814. The molecule has 0 unspecified atom stereocenters. The molecule has 0 atom stereocenters. The zero-order chi connectivity index (χ0) is 20.2. The van der Waals surface area contributed by atoms with Crippen molar-refractivity contribution in [3.63, 3.8) is 0 Å². The second-order valence-corrected chi connectivity index (χ2v) is 7.97. The largest absolute Gasteiger partial charge is 0.494 e. The molecule has 3 rings (SSSR count). The number of pyridine rings is 1. The number of unbranched alkanes of at least 4 members (excludes halogenated alkanes) is 9. The number of benzene rings is 2. The number of ether oxygens (including phenoxy) is 1. The standard InChI is InChI=1S/C27H35NO/c1-2-3-4-5-6-7-8-9-10-13-20-29-26-18-17-23-21-25(16-15-24(23)22-26)27-14-11-12-19-28-27/h11-12,14-19,21-22H,2-10,13,20H2,1H3. The third-order valence-corrected chi connectivity index (χ3v) is 5.54. The van der Waals surface area contributed by atoms with E-state index in [4.69, 9.17) is 4.74 Å². The first-order chi connectivity index (χ1) is 14.4. The predicted molar refractivity (Wildman–Crippen MR) is 125 cm³/mol. The third-order valence-electron chi connectivity index (χ3n) is 5.54. The van der Waals surface area contributed by atoms with Gasteiger partial charge in [-0.1, -0.05) is 89.0 Å². The number of hydrogen-bond acceptors (Lipinski definition) is 2. The van der Waals surface area contributed by atoms with Crippen molar-refractivity contribution < 1.29 is 4.74 Å². The van der Waals surface area contributed by atoms with Gasteiger partial charge in [0.05, 0.1) is 12.3 Å². The maximum absolute atomic E-state index is 5.99. The predicted octanol–water partition coefficient (Wildman–Crippen LogP) is 8.20. The summed E-state index contributed by atoms with van der Waals surface area (Å²) in [5.74, 6) is 0.971. The molecule has 0 aliphatic heterocycles. The molecule has 1 aromatic heterocycles. The van der Waals surface area contributed by atoms with E-state index in [9.17, 15) is 0 Å². The van der Waals surface area contributed by atoms with Gasteiger partial charge in [-0.15, -0.1) is 0 Å². The van der Waals surface area contributed by atoms with Gasteiger partial charge in [0.15, 0.2) is 0 Å². The Morgan fingerprint density at radius 3 is 2.10 bits per heavy atom. The molecular weight excluding hydrogens is 354 g/mol. The highest BCUT2D eigenvalue weighted by molar-refractivity contribution is 5.87. The first-order valence-corrected chi connectivity index (χ1v) is 11.4. The van der Waals surface area contributed by atoms with Gasteiger partial charge in [0.2, 0.25) is 0 Å². The van der Waals surface area contributed by atoms with E-state index in [1.165, 1.54) is 68.6 Å². The van der Waals surface area contributed by atoms with Crippen LogP contribution < -0.4 is 4.74 Å². The van der Waals surface area contributed by atoms with Gasteiger partial charge in [0.25, 0.3) is 0 Å². The fourth-order valence-corrected chi connectivity index (χ4v) is 3.79. The molecule has 2 aromatic carbocycles. The number of hydrogen-bond donors (Lipinski definition) is 0. The van der Waals surface area contributed by atoms with E-state index in [0.29, 0.717) is 0 Å².